The first-order valence-electron chi connectivity index (χ1n) is 12.9. The Hall–Kier alpha value is -3.64. The Balaban J connectivity index is 1.48. The van der Waals surface area contributed by atoms with Gasteiger partial charge in [0, 0.05) is 32.3 Å². The molecule has 4 rings (SSSR count). The van der Waals surface area contributed by atoms with Crippen molar-refractivity contribution < 1.29 is 23.7 Å². The first-order chi connectivity index (χ1) is 19.4. The summed E-state index contributed by atoms with van der Waals surface area (Å²) in [5, 5.41) is 6.75. The van der Waals surface area contributed by atoms with E-state index in [1.54, 1.807) is 32.4 Å². The maximum Gasteiger partial charge on any atom is 0.248 e. The van der Waals surface area contributed by atoms with E-state index in [1.807, 2.05) is 0 Å². The number of anilines is 4. The Bertz CT molecular complexity index is 1320. The lowest BCUT2D eigenvalue weighted by Gasteiger charge is -2.19. The topological polar surface area (TPSA) is 133 Å². The number of hydrogen-bond donors (Lipinski definition) is 3. The van der Waals surface area contributed by atoms with Crippen LogP contribution in [0.5, 0.6) is 11.5 Å². The molecule has 1 aromatic heterocycles. The van der Waals surface area contributed by atoms with Gasteiger partial charge < -0.3 is 40.2 Å². The smallest absolute Gasteiger partial charge is 0.248 e. The minimum atomic E-state index is -0.550. The van der Waals surface area contributed by atoms with Gasteiger partial charge in [0.05, 0.1) is 38.4 Å². The van der Waals surface area contributed by atoms with Crippen LogP contribution >= 0.6 is 11.6 Å². The third-order valence-electron chi connectivity index (χ3n) is 6.61. The van der Waals surface area contributed by atoms with Crippen molar-refractivity contribution in [3.63, 3.8) is 0 Å². The standard InChI is InChI=1S/C28H35ClN6O5/c1-37-17-40-12-4-9-35-10-7-18-13-23(25(39-3)14-19(18)8-11-35)33-28-31-16-21(29)27(34-28)32-22-6-5-20(26(30)36)15-24(22)38-2/h5-6,13-16H,4,7-12,17H2,1-3H3,(H2,30,36)(H2,31,32,33,34). The number of hydrogen-bond acceptors (Lipinski definition) is 10. The molecule has 0 fully saturated rings. The predicted molar refractivity (Wildman–Crippen MR) is 154 cm³/mol. The summed E-state index contributed by atoms with van der Waals surface area (Å²) in [7, 11) is 4.78. The number of nitrogens with two attached hydrogens (primary N) is 1. The molecule has 3 aromatic rings. The molecular weight excluding hydrogens is 536 g/mol. The highest BCUT2D eigenvalue weighted by Crippen LogP contribution is 2.34. The molecule has 4 N–H and O–H groups in total. The number of benzene rings is 2. The monoisotopic (exact) mass is 570 g/mol. The number of amides is 1. The van der Waals surface area contributed by atoms with E-state index in [1.165, 1.54) is 24.4 Å². The number of ether oxygens (including phenoxy) is 4. The van der Waals surface area contributed by atoms with Gasteiger partial charge in [-0.3, -0.25) is 4.79 Å². The summed E-state index contributed by atoms with van der Waals surface area (Å²) < 4.78 is 21.5. The van der Waals surface area contributed by atoms with Crippen LogP contribution < -0.4 is 25.8 Å². The summed E-state index contributed by atoms with van der Waals surface area (Å²) in [6.07, 6.45) is 4.32. The maximum absolute atomic E-state index is 11.5. The van der Waals surface area contributed by atoms with E-state index in [2.05, 4.69) is 37.6 Å². The van der Waals surface area contributed by atoms with Crippen LogP contribution in [0, 0.1) is 0 Å². The largest absolute Gasteiger partial charge is 0.495 e. The molecule has 0 unspecified atom stereocenters. The predicted octanol–water partition coefficient (Wildman–Crippen LogP) is 4.14. The molecule has 0 saturated heterocycles. The van der Waals surface area contributed by atoms with Gasteiger partial charge in [-0.25, -0.2) is 4.98 Å². The number of methoxy groups -OCH3 is 3. The first kappa shape index (κ1) is 29.3. The molecule has 2 heterocycles. The Labute approximate surface area is 238 Å². The number of nitrogens with zero attached hydrogens (tertiary/aromatic N) is 3. The molecule has 0 radical (unpaired) electrons. The van der Waals surface area contributed by atoms with Crippen molar-refractivity contribution in [3.05, 3.63) is 58.2 Å². The van der Waals surface area contributed by atoms with E-state index >= 15 is 0 Å². The zero-order valence-electron chi connectivity index (χ0n) is 23.0. The van der Waals surface area contributed by atoms with Crippen molar-refractivity contribution >= 4 is 40.6 Å². The van der Waals surface area contributed by atoms with E-state index in [0.29, 0.717) is 52.9 Å². The van der Waals surface area contributed by atoms with Gasteiger partial charge in [0.25, 0.3) is 0 Å². The van der Waals surface area contributed by atoms with E-state index in [-0.39, 0.29) is 0 Å². The fourth-order valence-corrected chi connectivity index (χ4v) is 4.67. The highest BCUT2D eigenvalue weighted by Gasteiger charge is 2.18. The summed E-state index contributed by atoms with van der Waals surface area (Å²) in [6.45, 7) is 3.93. The van der Waals surface area contributed by atoms with E-state index in [0.717, 1.165) is 44.6 Å². The van der Waals surface area contributed by atoms with Crippen molar-refractivity contribution in [2.24, 2.45) is 5.73 Å². The number of rotatable bonds is 13. The van der Waals surface area contributed by atoms with Gasteiger partial charge in [-0.1, -0.05) is 11.6 Å². The van der Waals surface area contributed by atoms with Gasteiger partial charge in [0.1, 0.15) is 23.3 Å². The van der Waals surface area contributed by atoms with Crippen molar-refractivity contribution in [3.8, 4) is 11.5 Å². The van der Waals surface area contributed by atoms with Gasteiger partial charge in [-0.05, 0) is 60.7 Å². The van der Waals surface area contributed by atoms with Crippen molar-refractivity contribution in [1.29, 1.82) is 0 Å². The summed E-state index contributed by atoms with van der Waals surface area (Å²) in [6, 6.07) is 9.02. The minimum Gasteiger partial charge on any atom is -0.495 e. The molecule has 40 heavy (non-hydrogen) atoms. The average molecular weight is 571 g/mol. The highest BCUT2D eigenvalue weighted by atomic mass is 35.5. The molecule has 0 spiro atoms. The molecule has 1 aliphatic rings. The summed E-state index contributed by atoms with van der Waals surface area (Å²) in [5.41, 5.74) is 9.57. The average Bonchev–Trinajstić information content (AvgIpc) is 3.16. The Morgan fingerprint density at radius 2 is 1.75 bits per heavy atom. The number of aromatic nitrogens is 2. The van der Waals surface area contributed by atoms with E-state index in [4.69, 9.17) is 36.3 Å². The van der Waals surface area contributed by atoms with Crippen LogP contribution in [-0.4, -0.2) is 75.1 Å². The molecule has 12 heteroatoms. The SMILES string of the molecule is COCOCCCN1CCc2cc(Nc3ncc(Cl)c(Nc4ccc(C(N)=O)cc4OC)n3)c(OC)cc2CC1. The molecule has 0 atom stereocenters. The number of carbonyl (C=O) groups excluding carboxylic acids is 1. The highest BCUT2D eigenvalue weighted by molar-refractivity contribution is 6.33. The molecule has 11 nitrogen and oxygen atoms in total. The van der Waals surface area contributed by atoms with Gasteiger partial charge in [0.2, 0.25) is 11.9 Å². The number of primary amides is 1. The normalized spacial score (nSPS) is 13.3. The number of nitrogens with one attached hydrogen (secondary N) is 2. The van der Waals surface area contributed by atoms with Crippen molar-refractivity contribution in [2.75, 3.05) is 65.0 Å². The van der Waals surface area contributed by atoms with Gasteiger partial charge in [-0.2, -0.15) is 4.98 Å². The van der Waals surface area contributed by atoms with Crippen LogP contribution in [0.2, 0.25) is 5.02 Å². The molecule has 214 valence electrons. The first-order valence-corrected chi connectivity index (χ1v) is 13.3. The van der Waals surface area contributed by atoms with Gasteiger partial charge in [0.15, 0.2) is 5.82 Å². The van der Waals surface area contributed by atoms with Crippen LogP contribution in [0.4, 0.5) is 23.1 Å². The quantitative estimate of drug-likeness (QED) is 0.203. The van der Waals surface area contributed by atoms with Crippen LogP contribution in [0.25, 0.3) is 0 Å². The minimum absolute atomic E-state index is 0.313. The van der Waals surface area contributed by atoms with E-state index in [9.17, 15) is 4.79 Å². The third-order valence-corrected chi connectivity index (χ3v) is 6.89. The number of carbonyl (C=O) groups is 1. The van der Waals surface area contributed by atoms with Crippen LogP contribution in [0.15, 0.2) is 36.5 Å². The second-order valence-electron chi connectivity index (χ2n) is 9.25. The van der Waals surface area contributed by atoms with Crippen LogP contribution in [-0.2, 0) is 22.3 Å². The molecule has 0 bridgehead atoms. The van der Waals surface area contributed by atoms with Crippen LogP contribution in [0.3, 0.4) is 0 Å². The molecule has 1 aliphatic heterocycles. The molecule has 0 saturated carbocycles. The zero-order valence-corrected chi connectivity index (χ0v) is 23.7. The fraction of sp³-hybridized carbons (Fsp3) is 0.393. The lowest BCUT2D eigenvalue weighted by molar-refractivity contribution is -0.0327. The van der Waals surface area contributed by atoms with Crippen molar-refractivity contribution in [2.45, 2.75) is 19.3 Å². The van der Waals surface area contributed by atoms with Gasteiger partial charge in [-0.15, -0.1) is 0 Å². The Morgan fingerprint density at radius 3 is 2.45 bits per heavy atom. The Kier molecular flexibility index (Phi) is 10.4. The number of halogens is 1. The summed E-state index contributed by atoms with van der Waals surface area (Å²) in [5.74, 6) is 1.28. The van der Waals surface area contributed by atoms with Crippen molar-refractivity contribution in [1.82, 2.24) is 14.9 Å². The number of fused-ring (bicyclic) bond motifs is 1. The van der Waals surface area contributed by atoms with Crippen LogP contribution in [0.1, 0.15) is 27.9 Å². The fourth-order valence-electron chi connectivity index (χ4n) is 4.53. The molecule has 1 amide bonds. The second-order valence-corrected chi connectivity index (χ2v) is 9.66. The summed E-state index contributed by atoms with van der Waals surface area (Å²) in [4.78, 5) is 22.9. The molecular formula is C28H35ClN6O5. The Morgan fingerprint density at radius 1 is 1.02 bits per heavy atom. The van der Waals surface area contributed by atoms with E-state index < -0.39 is 5.91 Å². The lowest BCUT2D eigenvalue weighted by atomic mass is 10.0. The molecule has 0 aliphatic carbocycles. The summed E-state index contributed by atoms with van der Waals surface area (Å²) >= 11 is 6.40. The second kappa shape index (κ2) is 14.1. The zero-order chi connectivity index (χ0) is 28.5. The lowest BCUT2D eigenvalue weighted by Crippen LogP contribution is -2.28. The molecule has 2 aromatic carbocycles. The third kappa shape index (κ3) is 7.51. The van der Waals surface area contributed by atoms with Gasteiger partial charge >= 0.3 is 0 Å². The maximum atomic E-state index is 11.5.